The summed E-state index contributed by atoms with van der Waals surface area (Å²) in [7, 11) is 0. The largest absolute Gasteiger partial charge is 0.340 e. The van der Waals surface area contributed by atoms with Crippen LogP contribution in [0.25, 0.3) is 0 Å². The van der Waals surface area contributed by atoms with E-state index in [2.05, 4.69) is 0 Å². The maximum absolute atomic E-state index is 13.1. The van der Waals surface area contributed by atoms with E-state index in [1.54, 1.807) is 0 Å². The normalized spacial score (nSPS) is 17.7. The standard InChI is InChI=1S/C19H22N2O.ClH/c20-17-12-7-13-21(14-17)19(22)18(15-8-3-1-4-9-15)16-10-5-2-6-11-16;/h1-6,8-11,17-18H,7,12-14,20H2;1H. The van der Waals surface area contributed by atoms with Crippen molar-refractivity contribution in [1.29, 1.82) is 0 Å². The summed E-state index contributed by atoms with van der Waals surface area (Å²) in [6, 6.07) is 20.1. The summed E-state index contributed by atoms with van der Waals surface area (Å²) >= 11 is 0. The van der Waals surface area contributed by atoms with Gasteiger partial charge in [0.05, 0.1) is 5.92 Å². The van der Waals surface area contributed by atoms with Gasteiger partial charge in [-0.1, -0.05) is 60.7 Å². The van der Waals surface area contributed by atoms with Gasteiger partial charge in [-0.05, 0) is 24.0 Å². The van der Waals surface area contributed by atoms with Gasteiger partial charge in [-0.3, -0.25) is 4.79 Å². The number of carbonyl (C=O) groups excluding carboxylic acids is 1. The zero-order valence-corrected chi connectivity index (χ0v) is 13.9. The average molecular weight is 331 g/mol. The zero-order chi connectivity index (χ0) is 15.4. The number of amides is 1. The van der Waals surface area contributed by atoms with Crippen molar-refractivity contribution in [3.63, 3.8) is 0 Å². The summed E-state index contributed by atoms with van der Waals surface area (Å²) in [5, 5.41) is 0. The molecule has 4 heteroatoms. The third-order valence-electron chi connectivity index (χ3n) is 4.28. The lowest BCUT2D eigenvalue weighted by Gasteiger charge is -2.33. The predicted octanol–water partition coefficient (Wildman–Crippen LogP) is 3.19. The van der Waals surface area contributed by atoms with Gasteiger partial charge >= 0.3 is 0 Å². The van der Waals surface area contributed by atoms with Crippen LogP contribution in [0.15, 0.2) is 60.7 Å². The molecule has 0 bridgehead atoms. The average Bonchev–Trinajstić information content (AvgIpc) is 2.57. The second-order valence-electron chi connectivity index (χ2n) is 5.94. The number of hydrogen-bond acceptors (Lipinski definition) is 2. The summed E-state index contributed by atoms with van der Waals surface area (Å²) in [6.07, 6.45) is 1.99. The van der Waals surface area contributed by atoms with E-state index in [1.807, 2.05) is 65.6 Å². The molecule has 0 spiro atoms. The fourth-order valence-corrected chi connectivity index (χ4v) is 3.16. The number of rotatable bonds is 3. The van der Waals surface area contributed by atoms with Gasteiger partial charge in [-0.2, -0.15) is 0 Å². The maximum Gasteiger partial charge on any atom is 0.234 e. The van der Waals surface area contributed by atoms with Crippen molar-refractivity contribution < 1.29 is 4.79 Å². The maximum atomic E-state index is 13.1. The molecule has 3 nitrogen and oxygen atoms in total. The van der Waals surface area contributed by atoms with Crippen LogP contribution in [0.1, 0.15) is 29.9 Å². The van der Waals surface area contributed by atoms with Crippen molar-refractivity contribution in [2.45, 2.75) is 24.8 Å². The molecule has 0 aromatic heterocycles. The van der Waals surface area contributed by atoms with E-state index < -0.39 is 0 Å². The highest BCUT2D eigenvalue weighted by molar-refractivity contribution is 5.87. The number of likely N-dealkylation sites (tertiary alicyclic amines) is 1. The third-order valence-corrected chi connectivity index (χ3v) is 4.28. The molecule has 3 rings (SSSR count). The third kappa shape index (κ3) is 4.12. The second-order valence-corrected chi connectivity index (χ2v) is 5.94. The van der Waals surface area contributed by atoms with Crippen LogP contribution in [0, 0.1) is 0 Å². The van der Waals surface area contributed by atoms with Crippen LogP contribution in [-0.4, -0.2) is 29.9 Å². The Morgan fingerprint density at radius 2 is 1.52 bits per heavy atom. The Bertz CT molecular complexity index is 578. The number of hydrogen-bond donors (Lipinski definition) is 1. The molecule has 1 aliphatic heterocycles. The Morgan fingerprint density at radius 3 is 2.00 bits per heavy atom. The predicted molar refractivity (Wildman–Crippen MR) is 95.8 cm³/mol. The molecule has 1 fully saturated rings. The van der Waals surface area contributed by atoms with Crippen LogP contribution in [0.5, 0.6) is 0 Å². The monoisotopic (exact) mass is 330 g/mol. The van der Waals surface area contributed by atoms with Crippen molar-refractivity contribution in [3.05, 3.63) is 71.8 Å². The molecule has 1 atom stereocenters. The van der Waals surface area contributed by atoms with Gasteiger partial charge in [0.1, 0.15) is 0 Å². The first kappa shape index (κ1) is 17.5. The molecule has 2 aromatic carbocycles. The minimum atomic E-state index is -0.243. The molecule has 2 aromatic rings. The highest BCUT2D eigenvalue weighted by Crippen LogP contribution is 2.27. The van der Waals surface area contributed by atoms with Crippen LogP contribution in [0.3, 0.4) is 0 Å². The van der Waals surface area contributed by atoms with Crippen LogP contribution in [0.2, 0.25) is 0 Å². The summed E-state index contributed by atoms with van der Waals surface area (Å²) in [4.78, 5) is 15.0. The van der Waals surface area contributed by atoms with E-state index in [0.717, 1.165) is 30.5 Å². The highest BCUT2D eigenvalue weighted by Gasteiger charge is 2.29. The van der Waals surface area contributed by atoms with Crippen LogP contribution < -0.4 is 5.73 Å². The molecule has 1 heterocycles. The molecule has 1 amide bonds. The topological polar surface area (TPSA) is 46.3 Å². The highest BCUT2D eigenvalue weighted by atomic mass is 35.5. The van der Waals surface area contributed by atoms with Gasteiger partial charge in [0.15, 0.2) is 0 Å². The van der Waals surface area contributed by atoms with E-state index in [1.165, 1.54) is 0 Å². The smallest absolute Gasteiger partial charge is 0.234 e. The molecular weight excluding hydrogens is 308 g/mol. The lowest BCUT2D eigenvalue weighted by atomic mass is 9.89. The van der Waals surface area contributed by atoms with Crippen LogP contribution in [-0.2, 0) is 4.79 Å². The van der Waals surface area contributed by atoms with E-state index in [9.17, 15) is 4.79 Å². The summed E-state index contributed by atoms with van der Waals surface area (Å²) in [5.41, 5.74) is 8.13. The fourth-order valence-electron chi connectivity index (χ4n) is 3.16. The minimum absolute atomic E-state index is 0. The van der Waals surface area contributed by atoms with Gasteiger partial charge in [-0.15, -0.1) is 12.4 Å². The molecule has 0 aliphatic carbocycles. The number of benzene rings is 2. The summed E-state index contributed by atoms with van der Waals surface area (Å²) in [6.45, 7) is 1.47. The van der Waals surface area contributed by atoms with Gasteiger partial charge in [0, 0.05) is 19.1 Å². The summed E-state index contributed by atoms with van der Waals surface area (Å²) in [5.74, 6) is -0.0831. The Kier molecular flexibility index (Phi) is 6.20. The van der Waals surface area contributed by atoms with Gasteiger partial charge in [0.25, 0.3) is 0 Å². The van der Waals surface area contributed by atoms with E-state index in [4.69, 9.17) is 5.73 Å². The van der Waals surface area contributed by atoms with Gasteiger partial charge in [0.2, 0.25) is 5.91 Å². The first-order valence-corrected chi connectivity index (χ1v) is 7.90. The van der Waals surface area contributed by atoms with E-state index in [-0.39, 0.29) is 30.3 Å². The lowest BCUT2D eigenvalue weighted by molar-refractivity contribution is -0.133. The fraction of sp³-hybridized carbons (Fsp3) is 0.316. The van der Waals surface area contributed by atoms with Gasteiger partial charge in [-0.25, -0.2) is 0 Å². The number of nitrogens with zero attached hydrogens (tertiary/aromatic N) is 1. The molecular formula is C19H23ClN2O. The summed E-state index contributed by atoms with van der Waals surface area (Å²) < 4.78 is 0. The van der Waals surface area contributed by atoms with Gasteiger partial charge < -0.3 is 10.6 Å². The van der Waals surface area contributed by atoms with Crippen molar-refractivity contribution in [1.82, 2.24) is 4.90 Å². The van der Waals surface area contributed by atoms with E-state index in [0.29, 0.717) is 6.54 Å². The van der Waals surface area contributed by atoms with Crippen LogP contribution in [0.4, 0.5) is 0 Å². The first-order chi connectivity index (χ1) is 10.8. The van der Waals surface area contributed by atoms with E-state index >= 15 is 0 Å². The molecule has 0 saturated carbocycles. The zero-order valence-electron chi connectivity index (χ0n) is 13.1. The molecule has 1 unspecified atom stereocenters. The molecule has 0 radical (unpaired) electrons. The molecule has 23 heavy (non-hydrogen) atoms. The molecule has 1 aliphatic rings. The number of halogens is 1. The van der Waals surface area contributed by atoms with Crippen molar-refractivity contribution in [3.8, 4) is 0 Å². The Labute approximate surface area is 143 Å². The van der Waals surface area contributed by atoms with Crippen molar-refractivity contribution in [2.75, 3.05) is 13.1 Å². The quantitative estimate of drug-likeness (QED) is 0.939. The number of nitrogens with two attached hydrogens (primary N) is 1. The first-order valence-electron chi connectivity index (χ1n) is 7.90. The Hall–Kier alpha value is -1.84. The van der Waals surface area contributed by atoms with Crippen LogP contribution >= 0.6 is 12.4 Å². The number of piperidine rings is 1. The molecule has 2 N–H and O–H groups in total. The number of carbonyl (C=O) groups is 1. The molecule has 122 valence electrons. The minimum Gasteiger partial charge on any atom is -0.340 e. The SMILES string of the molecule is Cl.NC1CCCN(C(=O)C(c2ccccc2)c2ccccc2)C1. The molecule has 1 saturated heterocycles. The lowest BCUT2D eigenvalue weighted by Crippen LogP contribution is -2.47. The second kappa shape index (κ2) is 8.14. The van der Waals surface area contributed by atoms with Crippen molar-refractivity contribution >= 4 is 18.3 Å². The Morgan fingerprint density at radius 1 is 1.00 bits per heavy atom. The van der Waals surface area contributed by atoms with Crippen molar-refractivity contribution in [2.24, 2.45) is 5.73 Å². The Balaban J connectivity index is 0.00000192.